The number of hydrogen-bond acceptors (Lipinski definition) is 8. The fourth-order valence-electron chi connectivity index (χ4n) is 0.867. The smallest absolute Gasteiger partial charge is 0.226 e. The standard InChI is InChI=1S/C6H4O2.C3H6N6/c7-5-1-2-6(8)4-3-5;4-1-7-2(5)9-3(6)8-1/h1-4H;(H6,4,5,6,7,8,9). The summed E-state index contributed by atoms with van der Waals surface area (Å²) in [7, 11) is 0. The number of anilines is 3. The molecule has 0 fully saturated rings. The number of nitrogens with zero attached hydrogens (tertiary/aromatic N) is 3. The van der Waals surface area contributed by atoms with Crippen molar-refractivity contribution in [3.63, 3.8) is 0 Å². The van der Waals surface area contributed by atoms with E-state index in [9.17, 15) is 9.59 Å². The molecule has 88 valence electrons. The van der Waals surface area contributed by atoms with Crippen molar-refractivity contribution in [2.24, 2.45) is 0 Å². The molecule has 0 unspecified atom stereocenters. The van der Waals surface area contributed by atoms with Crippen molar-refractivity contribution in [1.29, 1.82) is 0 Å². The number of hydrogen-bond donors (Lipinski definition) is 3. The van der Waals surface area contributed by atoms with Gasteiger partial charge in [-0.2, -0.15) is 15.0 Å². The Labute approximate surface area is 96.2 Å². The van der Waals surface area contributed by atoms with E-state index in [1.165, 1.54) is 24.3 Å². The number of ketones is 2. The normalized spacial score (nSPS) is 13.2. The van der Waals surface area contributed by atoms with Crippen LogP contribution in [0.2, 0.25) is 0 Å². The van der Waals surface area contributed by atoms with Gasteiger partial charge in [-0.3, -0.25) is 9.59 Å². The summed E-state index contributed by atoms with van der Waals surface area (Å²) in [5.74, 6) is -0.116. The second-order valence-corrected chi connectivity index (χ2v) is 2.88. The predicted molar refractivity (Wildman–Crippen MR) is 61.4 cm³/mol. The average molecular weight is 234 g/mol. The van der Waals surface area contributed by atoms with E-state index in [1.807, 2.05) is 0 Å². The maximum Gasteiger partial charge on any atom is 0.226 e. The molecule has 1 aromatic rings. The Hall–Kier alpha value is -2.77. The summed E-state index contributed by atoms with van der Waals surface area (Å²) in [6.07, 6.45) is 5.01. The van der Waals surface area contributed by atoms with Gasteiger partial charge in [-0.25, -0.2) is 0 Å². The second kappa shape index (κ2) is 5.35. The van der Waals surface area contributed by atoms with Crippen LogP contribution in [0.25, 0.3) is 0 Å². The van der Waals surface area contributed by atoms with Crippen LogP contribution in [0.15, 0.2) is 24.3 Å². The summed E-state index contributed by atoms with van der Waals surface area (Å²) in [4.78, 5) is 31.0. The molecule has 1 aromatic heterocycles. The average Bonchev–Trinajstić information content (AvgIpc) is 2.21. The van der Waals surface area contributed by atoms with Gasteiger partial charge in [-0.05, 0) is 24.3 Å². The highest BCUT2D eigenvalue weighted by atomic mass is 16.1. The van der Waals surface area contributed by atoms with Crippen molar-refractivity contribution in [1.82, 2.24) is 15.0 Å². The quantitative estimate of drug-likeness (QED) is 0.477. The van der Waals surface area contributed by atoms with Crippen LogP contribution in [0, 0.1) is 0 Å². The minimum atomic E-state index is -0.121. The van der Waals surface area contributed by atoms with E-state index in [1.54, 1.807) is 0 Å². The summed E-state index contributed by atoms with van der Waals surface area (Å²) < 4.78 is 0. The van der Waals surface area contributed by atoms with Gasteiger partial charge >= 0.3 is 0 Å². The molecule has 0 bridgehead atoms. The monoisotopic (exact) mass is 234 g/mol. The summed E-state index contributed by atoms with van der Waals surface area (Å²) in [5.41, 5.74) is 15.4. The Morgan fingerprint density at radius 2 is 0.882 bits per heavy atom. The number of nitrogen functional groups attached to an aromatic ring is 3. The Morgan fingerprint density at radius 1 is 0.647 bits per heavy atom. The van der Waals surface area contributed by atoms with E-state index in [0.29, 0.717) is 0 Å². The third-order valence-electron chi connectivity index (χ3n) is 1.51. The van der Waals surface area contributed by atoms with Gasteiger partial charge in [0.15, 0.2) is 11.6 Å². The van der Waals surface area contributed by atoms with Crippen molar-refractivity contribution < 1.29 is 9.59 Å². The summed E-state index contributed by atoms with van der Waals surface area (Å²) >= 11 is 0. The Bertz CT molecular complexity index is 420. The van der Waals surface area contributed by atoms with Crippen molar-refractivity contribution in [2.45, 2.75) is 0 Å². The largest absolute Gasteiger partial charge is 0.368 e. The van der Waals surface area contributed by atoms with E-state index < -0.39 is 0 Å². The highest BCUT2D eigenvalue weighted by Crippen LogP contribution is 1.97. The maximum absolute atomic E-state index is 10.3. The van der Waals surface area contributed by atoms with Gasteiger partial charge < -0.3 is 17.2 Å². The van der Waals surface area contributed by atoms with Crippen LogP contribution in [0.4, 0.5) is 17.8 Å². The zero-order chi connectivity index (χ0) is 12.8. The Balaban J connectivity index is 0.000000171. The first-order valence-electron chi connectivity index (χ1n) is 4.44. The molecule has 2 rings (SSSR count). The van der Waals surface area contributed by atoms with Gasteiger partial charge in [0, 0.05) is 0 Å². The molecular formula is C9H10N6O2. The molecule has 0 amide bonds. The van der Waals surface area contributed by atoms with Crippen LogP contribution in [-0.2, 0) is 9.59 Å². The van der Waals surface area contributed by atoms with Crippen LogP contribution >= 0.6 is 0 Å². The molecular weight excluding hydrogens is 224 g/mol. The van der Waals surface area contributed by atoms with Crippen molar-refractivity contribution in [3.8, 4) is 0 Å². The van der Waals surface area contributed by atoms with Gasteiger partial charge in [-0.15, -0.1) is 0 Å². The van der Waals surface area contributed by atoms with Crippen LogP contribution in [-0.4, -0.2) is 26.5 Å². The maximum atomic E-state index is 10.3. The minimum absolute atomic E-state index is 0.0417. The van der Waals surface area contributed by atoms with Crippen molar-refractivity contribution in [3.05, 3.63) is 24.3 Å². The van der Waals surface area contributed by atoms with E-state index >= 15 is 0 Å². The number of carbonyl (C=O) groups excluding carboxylic acids is 2. The fourth-order valence-corrected chi connectivity index (χ4v) is 0.867. The molecule has 17 heavy (non-hydrogen) atoms. The third kappa shape index (κ3) is 4.51. The number of carbonyl (C=O) groups is 2. The topological polar surface area (TPSA) is 151 Å². The molecule has 0 atom stereocenters. The predicted octanol–water partition coefficient (Wildman–Crippen LogP) is -1.13. The van der Waals surface area contributed by atoms with Gasteiger partial charge in [0.1, 0.15) is 0 Å². The fraction of sp³-hybridized carbons (Fsp3) is 0. The van der Waals surface area contributed by atoms with E-state index in [-0.39, 0.29) is 29.4 Å². The molecule has 0 saturated carbocycles. The first kappa shape index (κ1) is 12.3. The molecule has 0 spiro atoms. The minimum Gasteiger partial charge on any atom is -0.368 e. The molecule has 1 heterocycles. The molecule has 1 aliphatic rings. The zero-order valence-electron chi connectivity index (χ0n) is 8.70. The third-order valence-corrected chi connectivity index (χ3v) is 1.51. The first-order valence-corrected chi connectivity index (χ1v) is 4.44. The molecule has 0 radical (unpaired) electrons. The van der Waals surface area contributed by atoms with Crippen LogP contribution in [0.5, 0.6) is 0 Å². The van der Waals surface area contributed by atoms with Crippen LogP contribution in [0.1, 0.15) is 0 Å². The molecule has 0 saturated heterocycles. The second-order valence-electron chi connectivity index (χ2n) is 2.88. The lowest BCUT2D eigenvalue weighted by Crippen LogP contribution is -2.05. The highest BCUT2D eigenvalue weighted by molar-refractivity contribution is 6.14. The van der Waals surface area contributed by atoms with E-state index in [4.69, 9.17) is 17.2 Å². The highest BCUT2D eigenvalue weighted by Gasteiger charge is 1.98. The zero-order valence-corrected chi connectivity index (χ0v) is 8.70. The number of nitrogens with two attached hydrogens (primary N) is 3. The summed E-state index contributed by atoms with van der Waals surface area (Å²) in [6.45, 7) is 0. The summed E-state index contributed by atoms with van der Waals surface area (Å²) in [6, 6.07) is 0. The summed E-state index contributed by atoms with van der Waals surface area (Å²) in [5, 5.41) is 0. The van der Waals surface area contributed by atoms with Gasteiger partial charge in [0.2, 0.25) is 17.8 Å². The van der Waals surface area contributed by atoms with Crippen LogP contribution < -0.4 is 17.2 Å². The molecule has 0 aromatic carbocycles. The number of aromatic nitrogens is 3. The van der Waals surface area contributed by atoms with Crippen molar-refractivity contribution >= 4 is 29.4 Å². The van der Waals surface area contributed by atoms with Crippen LogP contribution in [0.3, 0.4) is 0 Å². The van der Waals surface area contributed by atoms with Crippen molar-refractivity contribution in [2.75, 3.05) is 17.2 Å². The number of allylic oxidation sites excluding steroid dienone is 4. The van der Waals surface area contributed by atoms with Gasteiger partial charge in [0.25, 0.3) is 0 Å². The molecule has 8 nitrogen and oxygen atoms in total. The Morgan fingerprint density at radius 3 is 1.12 bits per heavy atom. The van der Waals surface area contributed by atoms with Gasteiger partial charge in [-0.1, -0.05) is 0 Å². The first-order chi connectivity index (χ1) is 7.97. The lowest BCUT2D eigenvalue weighted by Gasteiger charge is -1.93. The van der Waals surface area contributed by atoms with Gasteiger partial charge in [0.05, 0.1) is 0 Å². The SMILES string of the molecule is Nc1nc(N)nc(N)n1.O=C1C=CC(=O)C=C1. The molecule has 0 aliphatic heterocycles. The van der Waals surface area contributed by atoms with E-state index in [0.717, 1.165) is 0 Å². The molecule has 1 aliphatic carbocycles. The lowest BCUT2D eigenvalue weighted by atomic mass is 10.2. The number of rotatable bonds is 0. The molecule has 8 heteroatoms. The molecule has 6 N–H and O–H groups in total. The lowest BCUT2D eigenvalue weighted by molar-refractivity contribution is -0.113. The van der Waals surface area contributed by atoms with E-state index in [2.05, 4.69) is 15.0 Å². The Kier molecular flexibility index (Phi) is 3.87.